The minimum atomic E-state index is -0.989. The molecule has 13 heavy (non-hydrogen) atoms. The quantitative estimate of drug-likeness (QED) is 0.508. The highest BCUT2D eigenvalue weighted by Crippen LogP contribution is 1.91. The minimum absolute atomic E-state index is 0.250. The Balaban J connectivity index is 0. The molecule has 2 N–H and O–H groups in total. The standard InChI is InChI=1S/C7H14O3.C2H6O/c1-3-4-5-10-7(9)6(2)8;1-2-3/h6,8H,3-5H2,1-2H3;3H,2H2,1H3. The average molecular weight is 192 g/mol. The maximum Gasteiger partial charge on any atom is 0.334 e. The smallest absolute Gasteiger partial charge is 0.334 e. The summed E-state index contributed by atoms with van der Waals surface area (Å²) in [5.74, 6) is -0.534. The molecule has 0 radical (unpaired) electrons. The van der Waals surface area contributed by atoms with Crippen LogP contribution in [0.4, 0.5) is 0 Å². The van der Waals surface area contributed by atoms with Gasteiger partial charge in [0.1, 0.15) is 6.10 Å². The van der Waals surface area contributed by atoms with E-state index in [1.165, 1.54) is 6.92 Å². The first-order chi connectivity index (χ1) is 6.09. The fourth-order valence-corrected chi connectivity index (χ4v) is 0.438. The number of esters is 1. The van der Waals surface area contributed by atoms with Crippen LogP contribution in [-0.4, -0.2) is 35.5 Å². The van der Waals surface area contributed by atoms with Crippen molar-refractivity contribution in [2.75, 3.05) is 13.2 Å². The van der Waals surface area contributed by atoms with Crippen molar-refractivity contribution in [3.05, 3.63) is 0 Å². The summed E-state index contributed by atoms with van der Waals surface area (Å²) in [6, 6.07) is 0. The van der Waals surface area contributed by atoms with Crippen molar-refractivity contribution in [2.24, 2.45) is 0 Å². The van der Waals surface area contributed by atoms with Crippen molar-refractivity contribution in [3.8, 4) is 0 Å². The molecule has 0 saturated carbocycles. The van der Waals surface area contributed by atoms with Gasteiger partial charge in [0.25, 0.3) is 0 Å². The maximum atomic E-state index is 10.5. The third kappa shape index (κ3) is 14.3. The maximum absolute atomic E-state index is 10.5. The second-order valence-corrected chi connectivity index (χ2v) is 2.51. The number of aliphatic hydroxyl groups is 2. The first-order valence-electron chi connectivity index (χ1n) is 4.55. The molecule has 0 fully saturated rings. The second-order valence-electron chi connectivity index (χ2n) is 2.51. The average Bonchev–Trinajstić information content (AvgIpc) is 2.06. The largest absolute Gasteiger partial charge is 0.464 e. The summed E-state index contributed by atoms with van der Waals surface area (Å²) in [6.07, 6.45) is 0.864. The summed E-state index contributed by atoms with van der Waals surface area (Å²) in [4.78, 5) is 10.5. The molecule has 0 aliphatic heterocycles. The van der Waals surface area contributed by atoms with E-state index in [4.69, 9.17) is 10.2 Å². The van der Waals surface area contributed by atoms with Gasteiger partial charge >= 0.3 is 5.97 Å². The molecule has 4 nitrogen and oxygen atoms in total. The molecule has 1 unspecified atom stereocenters. The summed E-state index contributed by atoms with van der Waals surface area (Å²) in [5, 5.41) is 16.2. The Labute approximate surface area is 79.5 Å². The summed E-state index contributed by atoms with van der Waals surface area (Å²) >= 11 is 0. The highest BCUT2D eigenvalue weighted by molar-refractivity contribution is 5.73. The van der Waals surface area contributed by atoms with Crippen LogP contribution in [0, 0.1) is 0 Å². The highest BCUT2D eigenvalue weighted by Gasteiger charge is 2.08. The summed E-state index contributed by atoms with van der Waals surface area (Å²) < 4.78 is 4.65. The molecular formula is C9H20O4. The van der Waals surface area contributed by atoms with E-state index in [-0.39, 0.29) is 6.61 Å². The summed E-state index contributed by atoms with van der Waals surface area (Å²) in [5.41, 5.74) is 0. The molecule has 1 atom stereocenters. The molecule has 0 saturated heterocycles. The van der Waals surface area contributed by atoms with Crippen LogP contribution in [0.5, 0.6) is 0 Å². The van der Waals surface area contributed by atoms with Crippen molar-refractivity contribution >= 4 is 5.97 Å². The molecular weight excluding hydrogens is 172 g/mol. The van der Waals surface area contributed by atoms with E-state index >= 15 is 0 Å². The van der Waals surface area contributed by atoms with Gasteiger partial charge in [-0.2, -0.15) is 0 Å². The number of rotatable bonds is 4. The van der Waals surface area contributed by atoms with Crippen LogP contribution in [-0.2, 0) is 9.53 Å². The van der Waals surface area contributed by atoms with Gasteiger partial charge in [0.2, 0.25) is 0 Å². The first kappa shape index (κ1) is 14.9. The predicted octanol–water partition coefficient (Wildman–Crippen LogP) is 0.709. The van der Waals surface area contributed by atoms with Gasteiger partial charge in [-0.1, -0.05) is 13.3 Å². The predicted molar refractivity (Wildman–Crippen MR) is 50.3 cm³/mol. The number of hydrogen-bond donors (Lipinski definition) is 2. The number of hydrogen-bond acceptors (Lipinski definition) is 4. The van der Waals surface area contributed by atoms with Crippen molar-refractivity contribution in [3.63, 3.8) is 0 Å². The Bertz CT molecular complexity index is 112. The van der Waals surface area contributed by atoms with Crippen molar-refractivity contribution in [1.29, 1.82) is 0 Å². The molecule has 0 amide bonds. The van der Waals surface area contributed by atoms with Gasteiger partial charge in [-0.05, 0) is 20.3 Å². The molecule has 0 spiro atoms. The number of unbranched alkanes of at least 4 members (excludes halogenated alkanes) is 1. The first-order valence-corrected chi connectivity index (χ1v) is 4.55. The topological polar surface area (TPSA) is 66.8 Å². The molecule has 0 aliphatic carbocycles. The van der Waals surface area contributed by atoms with Gasteiger partial charge < -0.3 is 14.9 Å². The molecule has 0 rings (SSSR count). The second kappa shape index (κ2) is 11.4. The van der Waals surface area contributed by atoms with Gasteiger partial charge in [-0.15, -0.1) is 0 Å². The molecule has 0 aliphatic rings. The van der Waals surface area contributed by atoms with Crippen molar-refractivity contribution < 1.29 is 19.7 Å². The van der Waals surface area contributed by atoms with Crippen molar-refractivity contribution in [2.45, 2.75) is 39.7 Å². The highest BCUT2D eigenvalue weighted by atomic mass is 16.5. The molecule has 0 aromatic carbocycles. The Morgan fingerprint density at radius 3 is 2.23 bits per heavy atom. The lowest BCUT2D eigenvalue weighted by Crippen LogP contribution is -2.19. The minimum Gasteiger partial charge on any atom is -0.464 e. The fraction of sp³-hybridized carbons (Fsp3) is 0.889. The molecule has 4 heteroatoms. The van der Waals surface area contributed by atoms with E-state index in [1.54, 1.807) is 6.92 Å². The van der Waals surface area contributed by atoms with Crippen LogP contribution in [0.25, 0.3) is 0 Å². The Morgan fingerprint density at radius 2 is 1.92 bits per heavy atom. The zero-order chi connectivity index (χ0) is 10.7. The third-order valence-corrected chi connectivity index (χ3v) is 1.08. The van der Waals surface area contributed by atoms with Gasteiger partial charge in [0, 0.05) is 6.61 Å². The van der Waals surface area contributed by atoms with E-state index in [9.17, 15) is 4.79 Å². The number of ether oxygens (including phenoxy) is 1. The van der Waals surface area contributed by atoms with E-state index in [1.807, 2.05) is 6.92 Å². The van der Waals surface area contributed by atoms with Gasteiger partial charge in [0.05, 0.1) is 6.61 Å². The van der Waals surface area contributed by atoms with Crippen LogP contribution in [0.1, 0.15) is 33.6 Å². The molecule has 0 bridgehead atoms. The van der Waals surface area contributed by atoms with Gasteiger partial charge in [-0.25, -0.2) is 4.79 Å². The van der Waals surface area contributed by atoms with Gasteiger partial charge in [0.15, 0.2) is 0 Å². The monoisotopic (exact) mass is 192 g/mol. The van der Waals surface area contributed by atoms with Crippen LogP contribution < -0.4 is 0 Å². The number of carbonyl (C=O) groups is 1. The molecule has 0 aromatic rings. The third-order valence-electron chi connectivity index (χ3n) is 1.08. The Morgan fingerprint density at radius 1 is 1.46 bits per heavy atom. The van der Waals surface area contributed by atoms with E-state index in [0.717, 1.165) is 12.8 Å². The lowest BCUT2D eigenvalue weighted by atomic mass is 10.3. The van der Waals surface area contributed by atoms with Crippen LogP contribution in [0.15, 0.2) is 0 Å². The fourth-order valence-electron chi connectivity index (χ4n) is 0.438. The Hall–Kier alpha value is -0.610. The molecule has 80 valence electrons. The number of carbonyl (C=O) groups excluding carboxylic acids is 1. The molecule has 0 heterocycles. The van der Waals surface area contributed by atoms with E-state index < -0.39 is 12.1 Å². The van der Waals surface area contributed by atoms with Gasteiger partial charge in [-0.3, -0.25) is 0 Å². The number of aliphatic hydroxyl groups excluding tert-OH is 2. The summed E-state index contributed by atoms with van der Waals surface area (Å²) in [6.45, 7) is 5.75. The molecule has 0 aromatic heterocycles. The lowest BCUT2D eigenvalue weighted by molar-refractivity contribution is -0.152. The van der Waals surface area contributed by atoms with Crippen molar-refractivity contribution in [1.82, 2.24) is 0 Å². The SMILES string of the molecule is CCCCOC(=O)C(C)O.CCO. The van der Waals surface area contributed by atoms with Crippen LogP contribution in [0.3, 0.4) is 0 Å². The lowest BCUT2D eigenvalue weighted by Gasteiger charge is -2.04. The van der Waals surface area contributed by atoms with Crippen LogP contribution in [0.2, 0.25) is 0 Å². The Kier molecular flexibility index (Phi) is 13.0. The normalized spacial score (nSPS) is 11.2. The zero-order valence-corrected chi connectivity index (χ0v) is 8.62. The van der Waals surface area contributed by atoms with E-state index in [0.29, 0.717) is 6.61 Å². The van der Waals surface area contributed by atoms with E-state index in [2.05, 4.69) is 4.74 Å². The summed E-state index contributed by atoms with van der Waals surface area (Å²) in [7, 11) is 0. The van der Waals surface area contributed by atoms with Crippen LogP contribution >= 0.6 is 0 Å². The zero-order valence-electron chi connectivity index (χ0n) is 8.62.